The minimum absolute atomic E-state index is 0.187. The molecule has 1 unspecified atom stereocenters. The van der Waals surface area contributed by atoms with Crippen molar-refractivity contribution in [3.8, 4) is 0 Å². The van der Waals surface area contributed by atoms with Crippen LogP contribution in [-0.2, 0) is 6.54 Å². The van der Waals surface area contributed by atoms with Crippen molar-refractivity contribution >= 4 is 11.8 Å². The Morgan fingerprint density at radius 2 is 1.86 bits per heavy atom. The van der Waals surface area contributed by atoms with Crippen molar-refractivity contribution in [3.05, 3.63) is 47.9 Å². The van der Waals surface area contributed by atoms with Crippen LogP contribution in [0.2, 0.25) is 0 Å². The van der Waals surface area contributed by atoms with Crippen LogP contribution in [0.25, 0.3) is 0 Å². The van der Waals surface area contributed by atoms with Gasteiger partial charge in [-0.1, -0.05) is 12.1 Å². The van der Waals surface area contributed by atoms with Crippen molar-refractivity contribution in [2.45, 2.75) is 44.4 Å². The molecule has 2 aliphatic rings. The van der Waals surface area contributed by atoms with Crippen LogP contribution in [0, 0.1) is 5.82 Å². The molecule has 1 aromatic heterocycles. The fourth-order valence-electron chi connectivity index (χ4n) is 4.02. The van der Waals surface area contributed by atoms with Crippen LogP contribution in [0.15, 0.2) is 36.5 Å². The summed E-state index contributed by atoms with van der Waals surface area (Å²) in [6.07, 6.45) is 5.42. The molecular weight excluding hydrogens is 357 g/mol. The standard InChI is InChI=1S/C21H28FN5O/c22-17-5-3-16(4-6-17)14-26-12-8-18(9-13-26)24-21-23-10-7-20(25-21)27-11-1-2-19(28)15-27/h3-7,10,18-19,28H,1-2,8-9,11-15H2,(H,23,24,25). The summed E-state index contributed by atoms with van der Waals surface area (Å²) in [4.78, 5) is 13.6. The fraction of sp³-hybridized carbons (Fsp3) is 0.524. The normalized spacial score (nSPS) is 21.6. The smallest absolute Gasteiger partial charge is 0.224 e. The van der Waals surface area contributed by atoms with Crippen LogP contribution in [0.4, 0.5) is 16.2 Å². The van der Waals surface area contributed by atoms with Crippen molar-refractivity contribution in [1.29, 1.82) is 0 Å². The summed E-state index contributed by atoms with van der Waals surface area (Å²) in [6.45, 7) is 4.41. The Labute approximate surface area is 165 Å². The van der Waals surface area contributed by atoms with Crippen molar-refractivity contribution in [2.75, 3.05) is 36.4 Å². The van der Waals surface area contributed by atoms with Gasteiger partial charge in [-0.25, -0.2) is 9.37 Å². The number of anilines is 2. The zero-order chi connectivity index (χ0) is 19.3. The molecule has 2 saturated heterocycles. The van der Waals surface area contributed by atoms with Gasteiger partial charge in [-0.3, -0.25) is 4.90 Å². The molecule has 150 valence electrons. The number of nitrogens with zero attached hydrogens (tertiary/aromatic N) is 4. The summed E-state index contributed by atoms with van der Waals surface area (Å²) in [5.74, 6) is 1.35. The monoisotopic (exact) mass is 385 g/mol. The van der Waals surface area contributed by atoms with E-state index in [1.54, 1.807) is 6.20 Å². The largest absolute Gasteiger partial charge is 0.391 e. The van der Waals surface area contributed by atoms with E-state index in [4.69, 9.17) is 0 Å². The lowest BCUT2D eigenvalue weighted by atomic mass is 10.0. The van der Waals surface area contributed by atoms with E-state index in [-0.39, 0.29) is 11.9 Å². The molecule has 6 nitrogen and oxygen atoms in total. The Kier molecular flexibility index (Phi) is 6.02. The Hall–Kier alpha value is -2.25. The number of aliphatic hydroxyl groups is 1. The van der Waals surface area contributed by atoms with Crippen molar-refractivity contribution in [2.24, 2.45) is 0 Å². The number of β-amino-alcohol motifs (C(OH)–C–C–N with tert-alkyl or cyclic N) is 1. The highest BCUT2D eigenvalue weighted by molar-refractivity contribution is 5.43. The molecule has 28 heavy (non-hydrogen) atoms. The highest BCUT2D eigenvalue weighted by Crippen LogP contribution is 2.21. The van der Waals surface area contributed by atoms with E-state index in [1.807, 2.05) is 18.2 Å². The van der Waals surface area contributed by atoms with Gasteiger partial charge < -0.3 is 15.3 Å². The molecule has 0 aliphatic carbocycles. The van der Waals surface area contributed by atoms with Crippen molar-refractivity contribution < 1.29 is 9.50 Å². The summed E-state index contributed by atoms with van der Waals surface area (Å²) in [5, 5.41) is 13.4. The third kappa shape index (κ3) is 4.97. The second-order valence-electron chi connectivity index (χ2n) is 7.80. The summed E-state index contributed by atoms with van der Waals surface area (Å²) >= 11 is 0. The second-order valence-corrected chi connectivity index (χ2v) is 7.80. The van der Waals surface area contributed by atoms with Crippen molar-refractivity contribution in [3.63, 3.8) is 0 Å². The maximum absolute atomic E-state index is 13.0. The van der Waals surface area contributed by atoms with Crippen LogP contribution in [0.1, 0.15) is 31.2 Å². The number of benzene rings is 1. The lowest BCUT2D eigenvalue weighted by Crippen LogP contribution is -2.40. The second kappa shape index (κ2) is 8.84. The van der Waals surface area contributed by atoms with Crippen LogP contribution in [0.5, 0.6) is 0 Å². The predicted molar refractivity (Wildman–Crippen MR) is 108 cm³/mol. The summed E-state index contributed by atoms with van der Waals surface area (Å²) < 4.78 is 13.0. The van der Waals surface area contributed by atoms with E-state index in [9.17, 15) is 9.50 Å². The van der Waals surface area contributed by atoms with Gasteiger partial charge in [0, 0.05) is 45.0 Å². The van der Waals surface area contributed by atoms with Gasteiger partial charge in [-0.15, -0.1) is 0 Å². The van der Waals surface area contributed by atoms with Crippen LogP contribution >= 0.6 is 0 Å². The topological polar surface area (TPSA) is 64.5 Å². The number of rotatable bonds is 5. The third-order valence-corrected chi connectivity index (χ3v) is 5.60. The average Bonchev–Trinajstić information content (AvgIpc) is 2.71. The number of piperidine rings is 2. The molecule has 2 fully saturated rings. The Morgan fingerprint density at radius 3 is 2.61 bits per heavy atom. The molecule has 0 radical (unpaired) electrons. The number of hydrogen-bond acceptors (Lipinski definition) is 6. The molecular formula is C21H28FN5O. The zero-order valence-electron chi connectivity index (χ0n) is 16.1. The van der Waals surface area contributed by atoms with Crippen LogP contribution < -0.4 is 10.2 Å². The van der Waals surface area contributed by atoms with Crippen LogP contribution in [-0.4, -0.2) is 58.3 Å². The maximum Gasteiger partial charge on any atom is 0.224 e. The predicted octanol–water partition coefficient (Wildman–Crippen LogP) is 2.65. The molecule has 2 aromatic rings. The van der Waals surface area contributed by atoms with E-state index in [2.05, 4.69) is 25.1 Å². The molecule has 1 atom stereocenters. The lowest BCUT2D eigenvalue weighted by molar-refractivity contribution is 0.154. The molecule has 7 heteroatoms. The van der Waals surface area contributed by atoms with Gasteiger partial charge in [0.25, 0.3) is 0 Å². The molecule has 0 spiro atoms. The minimum atomic E-state index is -0.273. The van der Waals surface area contributed by atoms with E-state index < -0.39 is 0 Å². The summed E-state index contributed by atoms with van der Waals surface area (Å²) in [6, 6.07) is 9.03. The number of nitrogens with one attached hydrogen (secondary N) is 1. The van der Waals surface area contributed by atoms with E-state index in [1.165, 1.54) is 12.1 Å². The maximum atomic E-state index is 13.0. The molecule has 2 aliphatic heterocycles. The SMILES string of the molecule is OC1CCCN(c2ccnc(NC3CCN(Cc4ccc(F)cc4)CC3)n2)C1. The Balaban J connectivity index is 1.29. The average molecular weight is 385 g/mol. The number of hydrogen-bond donors (Lipinski definition) is 2. The molecule has 2 N–H and O–H groups in total. The van der Waals surface area contributed by atoms with Gasteiger partial charge in [0.1, 0.15) is 11.6 Å². The molecule has 1 aromatic carbocycles. The van der Waals surface area contributed by atoms with Gasteiger partial charge in [-0.2, -0.15) is 4.98 Å². The first-order chi connectivity index (χ1) is 13.7. The highest BCUT2D eigenvalue weighted by Gasteiger charge is 2.22. The summed E-state index contributed by atoms with van der Waals surface area (Å²) in [5.41, 5.74) is 1.15. The third-order valence-electron chi connectivity index (χ3n) is 5.60. The first-order valence-electron chi connectivity index (χ1n) is 10.1. The zero-order valence-corrected chi connectivity index (χ0v) is 16.1. The first-order valence-corrected chi connectivity index (χ1v) is 10.1. The Morgan fingerprint density at radius 1 is 1.07 bits per heavy atom. The van der Waals surface area contributed by atoms with Gasteiger partial charge in [0.05, 0.1) is 6.10 Å². The summed E-state index contributed by atoms with van der Waals surface area (Å²) in [7, 11) is 0. The van der Waals surface area contributed by atoms with Gasteiger partial charge in [-0.05, 0) is 49.4 Å². The molecule has 0 amide bonds. The fourth-order valence-corrected chi connectivity index (χ4v) is 4.02. The quantitative estimate of drug-likeness (QED) is 0.825. The van der Waals surface area contributed by atoms with E-state index in [0.717, 1.165) is 63.2 Å². The van der Waals surface area contributed by atoms with Gasteiger partial charge in [0.15, 0.2) is 0 Å². The van der Waals surface area contributed by atoms with Gasteiger partial charge in [0.2, 0.25) is 5.95 Å². The molecule has 4 rings (SSSR count). The molecule has 0 saturated carbocycles. The number of halogens is 1. The first kappa shape index (κ1) is 19.1. The van der Waals surface area contributed by atoms with E-state index >= 15 is 0 Å². The molecule has 0 bridgehead atoms. The number of aliphatic hydroxyl groups excluding tert-OH is 1. The molecule has 3 heterocycles. The lowest BCUT2D eigenvalue weighted by Gasteiger charge is -2.33. The van der Waals surface area contributed by atoms with E-state index in [0.29, 0.717) is 18.5 Å². The highest BCUT2D eigenvalue weighted by atomic mass is 19.1. The number of likely N-dealkylation sites (tertiary alicyclic amines) is 1. The van der Waals surface area contributed by atoms with Gasteiger partial charge >= 0.3 is 0 Å². The Bertz CT molecular complexity index is 764. The van der Waals surface area contributed by atoms with Crippen molar-refractivity contribution in [1.82, 2.24) is 14.9 Å². The van der Waals surface area contributed by atoms with Crippen LogP contribution in [0.3, 0.4) is 0 Å². The minimum Gasteiger partial charge on any atom is -0.391 e. The number of aromatic nitrogens is 2.